The van der Waals surface area contributed by atoms with Crippen LogP contribution >= 0.6 is 11.3 Å². The molecule has 0 saturated heterocycles. The molecule has 0 aliphatic rings. The molecule has 0 saturated carbocycles. The zero-order valence-electron chi connectivity index (χ0n) is 11.8. The molecular formula is C16H17N3OS. The molecule has 1 unspecified atom stereocenters. The van der Waals surface area contributed by atoms with Gasteiger partial charge in [-0.1, -0.05) is 25.1 Å². The van der Waals surface area contributed by atoms with E-state index in [2.05, 4.69) is 22.1 Å². The Balaban J connectivity index is 1.86. The Kier molecular flexibility index (Phi) is 3.75. The van der Waals surface area contributed by atoms with Gasteiger partial charge in [0.15, 0.2) is 0 Å². The van der Waals surface area contributed by atoms with Gasteiger partial charge in [-0.25, -0.2) is 4.98 Å². The molecular weight excluding hydrogens is 282 g/mol. The van der Waals surface area contributed by atoms with Crippen molar-refractivity contribution < 1.29 is 4.79 Å². The van der Waals surface area contributed by atoms with Crippen molar-refractivity contribution in [2.24, 2.45) is 5.73 Å². The lowest BCUT2D eigenvalue weighted by Crippen LogP contribution is -2.20. The first kappa shape index (κ1) is 13.8. The number of carbonyl (C=O) groups is 1. The highest BCUT2D eigenvalue weighted by Gasteiger charge is 2.19. The van der Waals surface area contributed by atoms with Crippen LogP contribution in [0, 0.1) is 0 Å². The predicted molar refractivity (Wildman–Crippen MR) is 85.4 cm³/mol. The number of aromatic nitrogens is 2. The zero-order valence-corrected chi connectivity index (χ0v) is 12.6. The van der Waals surface area contributed by atoms with Crippen LogP contribution in [-0.4, -0.2) is 15.9 Å². The summed E-state index contributed by atoms with van der Waals surface area (Å²) in [7, 11) is 0. The van der Waals surface area contributed by atoms with Crippen molar-refractivity contribution in [1.29, 1.82) is 0 Å². The quantitative estimate of drug-likeness (QED) is 0.759. The van der Waals surface area contributed by atoms with Gasteiger partial charge >= 0.3 is 0 Å². The van der Waals surface area contributed by atoms with Crippen molar-refractivity contribution >= 4 is 28.1 Å². The molecule has 1 atom stereocenters. The molecule has 1 aromatic carbocycles. The highest BCUT2D eigenvalue weighted by molar-refractivity contribution is 7.11. The largest absolute Gasteiger partial charge is 0.369 e. The van der Waals surface area contributed by atoms with E-state index in [-0.39, 0.29) is 11.8 Å². The summed E-state index contributed by atoms with van der Waals surface area (Å²) >= 11 is 1.57. The topological polar surface area (TPSA) is 71.8 Å². The fraction of sp³-hybridized carbons (Fsp3) is 0.250. The number of benzene rings is 1. The molecule has 0 radical (unpaired) electrons. The molecule has 0 fully saturated rings. The molecule has 2 aromatic heterocycles. The highest BCUT2D eigenvalue weighted by Crippen LogP contribution is 2.28. The van der Waals surface area contributed by atoms with Crippen molar-refractivity contribution in [3.05, 3.63) is 52.1 Å². The van der Waals surface area contributed by atoms with E-state index in [1.54, 1.807) is 11.3 Å². The number of para-hydroxylation sites is 1. The van der Waals surface area contributed by atoms with Gasteiger partial charge in [-0.05, 0) is 18.1 Å². The number of aromatic amines is 1. The van der Waals surface area contributed by atoms with E-state index in [4.69, 9.17) is 5.73 Å². The maximum Gasteiger partial charge on any atom is 0.227 e. The summed E-state index contributed by atoms with van der Waals surface area (Å²) in [5.74, 6) is -0.572. The van der Waals surface area contributed by atoms with Crippen LogP contribution in [0.3, 0.4) is 0 Å². The molecule has 2 heterocycles. The molecule has 5 heteroatoms. The summed E-state index contributed by atoms with van der Waals surface area (Å²) < 4.78 is 0. The van der Waals surface area contributed by atoms with E-state index in [1.165, 1.54) is 10.9 Å². The van der Waals surface area contributed by atoms with Crippen LogP contribution in [0.4, 0.5) is 0 Å². The minimum atomic E-state index is -0.300. The number of rotatable bonds is 5. The van der Waals surface area contributed by atoms with Crippen molar-refractivity contribution in [3.63, 3.8) is 0 Å². The average molecular weight is 299 g/mol. The Morgan fingerprint density at radius 3 is 3.00 bits per heavy atom. The van der Waals surface area contributed by atoms with Gasteiger partial charge in [0, 0.05) is 34.6 Å². The number of hydrogen-bond acceptors (Lipinski definition) is 3. The van der Waals surface area contributed by atoms with Gasteiger partial charge in [-0.15, -0.1) is 11.3 Å². The van der Waals surface area contributed by atoms with Gasteiger partial charge in [0.05, 0.1) is 5.92 Å². The van der Waals surface area contributed by atoms with Gasteiger partial charge in [-0.3, -0.25) is 4.79 Å². The first-order chi connectivity index (χ1) is 10.2. The first-order valence-electron chi connectivity index (χ1n) is 6.98. The Labute approximate surface area is 127 Å². The lowest BCUT2D eigenvalue weighted by atomic mass is 10.1. The minimum Gasteiger partial charge on any atom is -0.369 e. The molecule has 1 amide bonds. The molecule has 3 N–H and O–H groups in total. The molecule has 3 aromatic rings. The van der Waals surface area contributed by atoms with Crippen LogP contribution in [0.5, 0.6) is 0 Å². The average Bonchev–Trinajstić information content (AvgIpc) is 3.08. The van der Waals surface area contributed by atoms with E-state index < -0.39 is 0 Å². The monoisotopic (exact) mass is 299 g/mol. The maximum absolute atomic E-state index is 11.4. The Bertz CT molecular complexity index is 775. The van der Waals surface area contributed by atoms with Gasteiger partial charge < -0.3 is 10.7 Å². The van der Waals surface area contributed by atoms with E-state index in [0.717, 1.165) is 21.8 Å². The van der Waals surface area contributed by atoms with Crippen molar-refractivity contribution in [3.8, 4) is 0 Å². The SMILES string of the molecule is CCC(C(N)=O)c1ncc(Cc2c[nH]c3ccccc23)s1. The third-order valence-electron chi connectivity index (χ3n) is 3.66. The van der Waals surface area contributed by atoms with Crippen LogP contribution in [0.1, 0.15) is 34.7 Å². The highest BCUT2D eigenvalue weighted by atomic mass is 32.1. The Morgan fingerprint density at radius 2 is 2.24 bits per heavy atom. The van der Waals surface area contributed by atoms with Crippen LogP contribution in [0.15, 0.2) is 36.7 Å². The normalized spacial score (nSPS) is 12.6. The predicted octanol–water partition coefficient (Wildman–Crippen LogP) is 3.19. The molecule has 0 aliphatic heterocycles. The van der Waals surface area contributed by atoms with Gasteiger partial charge in [0.2, 0.25) is 5.91 Å². The van der Waals surface area contributed by atoms with Crippen LogP contribution in [0.25, 0.3) is 10.9 Å². The number of fused-ring (bicyclic) bond motifs is 1. The van der Waals surface area contributed by atoms with Crippen LogP contribution in [-0.2, 0) is 11.2 Å². The van der Waals surface area contributed by atoms with Gasteiger partial charge in [0.1, 0.15) is 5.01 Å². The molecule has 3 rings (SSSR count). The Morgan fingerprint density at radius 1 is 1.43 bits per heavy atom. The van der Waals surface area contributed by atoms with E-state index >= 15 is 0 Å². The summed E-state index contributed by atoms with van der Waals surface area (Å²) in [6.07, 6.45) is 5.40. The second-order valence-corrected chi connectivity index (χ2v) is 6.21. The Hall–Kier alpha value is -2.14. The third-order valence-corrected chi connectivity index (χ3v) is 4.77. The third kappa shape index (κ3) is 2.69. The lowest BCUT2D eigenvalue weighted by Gasteiger charge is -2.05. The number of thiazole rings is 1. The number of nitrogens with one attached hydrogen (secondary N) is 1. The minimum absolute atomic E-state index is 0.272. The molecule has 21 heavy (non-hydrogen) atoms. The molecule has 108 valence electrons. The van der Waals surface area contributed by atoms with Gasteiger partial charge in [-0.2, -0.15) is 0 Å². The first-order valence-corrected chi connectivity index (χ1v) is 7.79. The van der Waals surface area contributed by atoms with Crippen molar-refractivity contribution in [2.45, 2.75) is 25.7 Å². The number of H-pyrrole nitrogens is 1. The number of carbonyl (C=O) groups excluding carboxylic acids is 1. The zero-order chi connectivity index (χ0) is 14.8. The van der Waals surface area contributed by atoms with E-state index in [1.807, 2.05) is 31.5 Å². The number of amides is 1. The summed E-state index contributed by atoms with van der Waals surface area (Å²) in [5.41, 5.74) is 7.80. The molecule has 0 spiro atoms. The number of nitrogens with two attached hydrogens (primary N) is 1. The number of nitrogens with zero attached hydrogens (tertiary/aromatic N) is 1. The molecule has 0 bridgehead atoms. The molecule has 4 nitrogen and oxygen atoms in total. The fourth-order valence-corrected chi connectivity index (χ4v) is 3.66. The standard InChI is InChI=1S/C16H17N3OS/c1-2-12(15(17)20)16-19-9-11(21-16)7-10-8-18-14-6-4-3-5-13(10)14/h3-6,8-9,12,18H,2,7H2,1H3,(H2,17,20). The summed E-state index contributed by atoms with van der Waals surface area (Å²) in [6, 6.07) is 8.24. The number of hydrogen-bond donors (Lipinski definition) is 2. The van der Waals surface area contributed by atoms with Crippen LogP contribution < -0.4 is 5.73 Å². The van der Waals surface area contributed by atoms with Crippen molar-refractivity contribution in [2.75, 3.05) is 0 Å². The molecule has 0 aliphatic carbocycles. The maximum atomic E-state index is 11.4. The lowest BCUT2D eigenvalue weighted by molar-refractivity contribution is -0.119. The summed E-state index contributed by atoms with van der Waals surface area (Å²) in [4.78, 5) is 20.2. The summed E-state index contributed by atoms with van der Waals surface area (Å²) in [6.45, 7) is 1.95. The second kappa shape index (κ2) is 5.69. The second-order valence-electron chi connectivity index (χ2n) is 5.06. The van der Waals surface area contributed by atoms with E-state index in [9.17, 15) is 4.79 Å². The smallest absolute Gasteiger partial charge is 0.227 e. The fourth-order valence-electron chi connectivity index (χ4n) is 2.53. The van der Waals surface area contributed by atoms with Gasteiger partial charge in [0.25, 0.3) is 0 Å². The van der Waals surface area contributed by atoms with Crippen molar-refractivity contribution in [1.82, 2.24) is 9.97 Å². The van der Waals surface area contributed by atoms with Crippen LogP contribution in [0.2, 0.25) is 0 Å². The summed E-state index contributed by atoms with van der Waals surface area (Å²) in [5, 5.41) is 2.05. The van der Waals surface area contributed by atoms with E-state index in [0.29, 0.717) is 6.42 Å². The number of primary amides is 1.